The molecule has 1 N–H and O–H groups in total. The number of benzene rings is 1. The van der Waals surface area contributed by atoms with E-state index in [1.807, 2.05) is 0 Å². The van der Waals surface area contributed by atoms with E-state index in [1.165, 1.54) is 12.3 Å². The molecule has 2 aromatic rings. The second kappa shape index (κ2) is 5.82. The van der Waals surface area contributed by atoms with Gasteiger partial charge in [-0.1, -0.05) is 17.7 Å². The zero-order valence-electron chi connectivity index (χ0n) is 9.56. The topological polar surface area (TPSA) is 59.1 Å². The molecule has 1 amide bonds. The number of carbonyl (C=O) groups excluding carboxylic acids is 2. The Morgan fingerprint density at radius 3 is 2.63 bits per heavy atom. The highest BCUT2D eigenvalue weighted by molar-refractivity contribution is 6.67. The molecule has 1 heterocycles. The van der Waals surface area contributed by atoms with Crippen molar-refractivity contribution in [3.05, 3.63) is 58.9 Å². The summed E-state index contributed by atoms with van der Waals surface area (Å²) in [5, 5.41) is 2.15. The van der Waals surface area contributed by atoms with Crippen molar-refractivity contribution in [2.24, 2.45) is 0 Å². The smallest absolute Gasteiger partial charge is 0.258 e. The van der Waals surface area contributed by atoms with Crippen molar-refractivity contribution in [3.8, 4) is 0 Å². The minimum absolute atomic E-state index is 0.115. The first-order valence-corrected chi connectivity index (χ1v) is 6.05. The lowest BCUT2D eigenvalue weighted by atomic mass is 10.2. The molecule has 0 fully saturated rings. The number of halogens is 2. The average Bonchev–Trinajstić information content (AvgIpc) is 2.39. The molecule has 0 aliphatic carbocycles. The number of anilines is 1. The fourth-order valence-corrected chi connectivity index (χ4v) is 1.80. The Labute approximate surface area is 119 Å². The summed E-state index contributed by atoms with van der Waals surface area (Å²) in [6.45, 7) is 0. The van der Waals surface area contributed by atoms with Crippen molar-refractivity contribution in [1.29, 1.82) is 0 Å². The minimum Gasteiger partial charge on any atom is -0.322 e. The molecule has 2 rings (SSSR count). The molecule has 0 spiro atoms. The first kappa shape index (κ1) is 13.5. The number of carbonyl (C=O) groups is 2. The number of pyridine rings is 1. The van der Waals surface area contributed by atoms with Crippen LogP contribution in [0, 0.1) is 0 Å². The zero-order valence-corrected chi connectivity index (χ0v) is 11.1. The number of aromatic nitrogens is 1. The summed E-state index contributed by atoms with van der Waals surface area (Å²) in [7, 11) is 0. The number of nitrogens with zero attached hydrogens (tertiary/aromatic N) is 1. The number of amides is 1. The van der Waals surface area contributed by atoms with Crippen molar-refractivity contribution in [1.82, 2.24) is 4.98 Å². The third-order valence-electron chi connectivity index (χ3n) is 2.35. The van der Waals surface area contributed by atoms with Crippen LogP contribution in [0.15, 0.2) is 42.6 Å². The average molecular weight is 295 g/mol. The number of nitrogens with one attached hydrogen (secondary N) is 1. The fraction of sp³-hybridized carbons (Fsp3) is 0. The molecule has 0 saturated carbocycles. The highest BCUT2D eigenvalue weighted by Gasteiger charge is 2.11. The molecule has 1 aromatic heterocycles. The summed E-state index contributed by atoms with van der Waals surface area (Å²) in [5.41, 5.74) is 1.01. The summed E-state index contributed by atoms with van der Waals surface area (Å²) < 4.78 is 0. The Morgan fingerprint density at radius 2 is 1.95 bits per heavy atom. The van der Waals surface area contributed by atoms with Gasteiger partial charge in [0.05, 0.1) is 5.56 Å². The molecule has 0 aliphatic rings. The van der Waals surface area contributed by atoms with Gasteiger partial charge < -0.3 is 5.32 Å². The highest BCUT2D eigenvalue weighted by atomic mass is 35.5. The molecule has 19 heavy (non-hydrogen) atoms. The number of rotatable bonds is 3. The van der Waals surface area contributed by atoms with E-state index in [1.54, 1.807) is 30.3 Å². The summed E-state index contributed by atoms with van der Waals surface area (Å²) in [5.74, 6) is -0.405. The second-order valence-electron chi connectivity index (χ2n) is 3.65. The van der Waals surface area contributed by atoms with Gasteiger partial charge in [-0.3, -0.25) is 9.59 Å². The normalized spacial score (nSPS) is 10.0. The Morgan fingerprint density at radius 1 is 1.16 bits per heavy atom. The van der Waals surface area contributed by atoms with Gasteiger partial charge in [-0.15, -0.1) is 0 Å². The largest absolute Gasteiger partial charge is 0.322 e. The molecule has 0 saturated heterocycles. The first-order valence-electron chi connectivity index (χ1n) is 5.29. The Balaban J connectivity index is 2.22. The standard InChI is InChI=1S/C13H8Cl2N2O2/c14-11-10(5-2-6-16-11)13(19)17-9-4-1-3-8(7-9)12(15)18/h1-7H,(H,17,19). The molecule has 0 aliphatic heterocycles. The van der Waals surface area contributed by atoms with Crippen LogP contribution >= 0.6 is 23.2 Å². The van der Waals surface area contributed by atoms with Crippen LogP contribution in [0.25, 0.3) is 0 Å². The molecule has 96 valence electrons. The maximum atomic E-state index is 12.0. The Hall–Kier alpha value is -1.91. The Kier molecular flexibility index (Phi) is 4.14. The summed E-state index contributed by atoms with van der Waals surface area (Å²) in [6, 6.07) is 9.47. The first-order chi connectivity index (χ1) is 9.08. The van der Waals surface area contributed by atoms with E-state index in [4.69, 9.17) is 23.2 Å². The van der Waals surface area contributed by atoms with Crippen LogP contribution in [-0.4, -0.2) is 16.1 Å². The van der Waals surface area contributed by atoms with Gasteiger partial charge in [0.1, 0.15) is 5.15 Å². The van der Waals surface area contributed by atoms with E-state index in [2.05, 4.69) is 10.3 Å². The lowest BCUT2D eigenvalue weighted by Gasteiger charge is -2.06. The van der Waals surface area contributed by atoms with Crippen LogP contribution < -0.4 is 5.32 Å². The van der Waals surface area contributed by atoms with Crippen LogP contribution in [0.1, 0.15) is 20.7 Å². The molecule has 0 atom stereocenters. The van der Waals surface area contributed by atoms with E-state index in [-0.39, 0.29) is 10.7 Å². The summed E-state index contributed by atoms with van der Waals surface area (Å²) in [6.07, 6.45) is 1.49. The number of hydrogen-bond donors (Lipinski definition) is 1. The van der Waals surface area contributed by atoms with Crippen LogP contribution in [0.4, 0.5) is 5.69 Å². The highest BCUT2D eigenvalue weighted by Crippen LogP contribution is 2.16. The molecule has 4 nitrogen and oxygen atoms in total. The van der Waals surface area contributed by atoms with E-state index >= 15 is 0 Å². The van der Waals surface area contributed by atoms with E-state index < -0.39 is 11.1 Å². The van der Waals surface area contributed by atoms with Gasteiger partial charge in [0, 0.05) is 17.4 Å². The van der Waals surface area contributed by atoms with Gasteiger partial charge in [-0.2, -0.15) is 0 Å². The predicted molar refractivity (Wildman–Crippen MR) is 73.8 cm³/mol. The van der Waals surface area contributed by atoms with Crippen LogP contribution in [0.5, 0.6) is 0 Å². The monoisotopic (exact) mass is 294 g/mol. The summed E-state index contributed by atoms with van der Waals surface area (Å²) in [4.78, 5) is 26.8. The van der Waals surface area contributed by atoms with Gasteiger partial charge in [-0.25, -0.2) is 4.98 Å². The maximum absolute atomic E-state index is 12.0. The van der Waals surface area contributed by atoms with Gasteiger partial charge in [0.2, 0.25) is 0 Å². The van der Waals surface area contributed by atoms with Crippen molar-refractivity contribution < 1.29 is 9.59 Å². The molecule has 0 radical (unpaired) electrons. The van der Waals surface area contributed by atoms with Crippen molar-refractivity contribution in [2.45, 2.75) is 0 Å². The van der Waals surface area contributed by atoms with E-state index in [0.717, 1.165) is 0 Å². The maximum Gasteiger partial charge on any atom is 0.258 e. The molecular weight excluding hydrogens is 287 g/mol. The van der Waals surface area contributed by atoms with Crippen LogP contribution in [0.2, 0.25) is 5.15 Å². The lowest BCUT2D eigenvalue weighted by Crippen LogP contribution is -2.13. The fourth-order valence-electron chi connectivity index (χ4n) is 1.47. The van der Waals surface area contributed by atoms with Gasteiger partial charge in [-0.05, 0) is 41.9 Å². The van der Waals surface area contributed by atoms with Crippen molar-refractivity contribution in [2.75, 3.05) is 5.32 Å². The SMILES string of the molecule is O=C(Cl)c1cccc(NC(=O)c2cccnc2Cl)c1. The second-order valence-corrected chi connectivity index (χ2v) is 4.35. The molecule has 0 bridgehead atoms. The van der Waals surface area contributed by atoms with Crippen molar-refractivity contribution >= 4 is 40.0 Å². The third kappa shape index (κ3) is 3.30. The van der Waals surface area contributed by atoms with Crippen molar-refractivity contribution in [3.63, 3.8) is 0 Å². The molecule has 0 unspecified atom stereocenters. The van der Waals surface area contributed by atoms with Gasteiger partial charge >= 0.3 is 0 Å². The Bertz CT molecular complexity index is 644. The summed E-state index contributed by atoms with van der Waals surface area (Å²) >= 11 is 11.2. The molecular formula is C13H8Cl2N2O2. The quantitative estimate of drug-likeness (QED) is 0.697. The van der Waals surface area contributed by atoms with E-state index in [9.17, 15) is 9.59 Å². The van der Waals surface area contributed by atoms with Crippen LogP contribution in [0.3, 0.4) is 0 Å². The van der Waals surface area contributed by atoms with Crippen LogP contribution in [-0.2, 0) is 0 Å². The van der Waals surface area contributed by atoms with Gasteiger partial charge in [0.25, 0.3) is 11.1 Å². The third-order valence-corrected chi connectivity index (χ3v) is 2.87. The minimum atomic E-state index is -0.587. The molecule has 1 aromatic carbocycles. The van der Waals surface area contributed by atoms with Gasteiger partial charge in [0.15, 0.2) is 0 Å². The van der Waals surface area contributed by atoms with E-state index in [0.29, 0.717) is 11.3 Å². The number of hydrogen-bond acceptors (Lipinski definition) is 3. The zero-order chi connectivity index (χ0) is 13.8. The lowest BCUT2D eigenvalue weighted by molar-refractivity contribution is 0.102. The predicted octanol–water partition coefficient (Wildman–Crippen LogP) is 3.37. The molecule has 6 heteroatoms.